The fraction of sp³-hybridized carbons (Fsp3) is 0.938. The van der Waals surface area contributed by atoms with E-state index in [9.17, 15) is 4.79 Å². The Morgan fingerprint density at radius 2 is 2.05 bits per heavy atom. The van der Waals surface area contributed by atoms with Crippen LogP contribution in [0.1, 0.15) is 52.4 Å². The van der Waals surface area contributed by atoms with Crippen LogP contribution in [0.15, 0.2) is 0 Å². The van der Waals surface area contributed by atoms with Gasteiger partial charge in [-0.3, -0.25) is 4.79 Å². The van der Waals surface area contributed by atoms with Crippen molar-refractivity contribution in [2.45, 2.75) is 70.4 Å². The Hall–Kier alpha value is -0.490. The molecule has 1 heterocycles. The van der Waals surface area contributed by atoms with Gasteiger partial charge >= 0.3 is 0 Å². The van der Waals surface area contributed by atoms with Crippen molar-refractivity contribution in [3.8, 4) is 0 Å². The van der Waals surface area contributed by atoms with Crippen LogP contribution in [0, 0.1) is 5.92 Å². The highest BCUT2D eigenvalue weighted by Gasteiger charge is 2.45. The van der Waals surface area contributed by atoms with Gasteiger partial charge in [0, 0.05) is 25.9 Å². The number of Topliss-reactive ketones (excluding diaryl/α,β-unsaturated/α-hetero) is 1. The minimum absolute atomic E-state index is 0.0432. The van der Waals surface area contributed by atoms with E-state index in [1.807, 2.05) is 6.92 Å². The van der Waals surface area contributed by atoms with Gasteiger partial charge in [-0.1, -0.05) is 13.3 Å². The molecule has 2 rings (SSSR count). The third kappa shape index (κ3) is 4.49. The van der Waals surface area contributed by atoms with Crippen molar-refractivity contribution in [2.24, 2.45) is 5.92 Å². The Morgan fingerprint density at radius 3 is 2.67 bits per heavy atom. The average molecular weight is 300 g/mol. The molecule has 0 aromatic carbocycles. The van der Waals surface area contributed by atoms with E-state index >= 15 is 0 Å². The van der Waals surface area contributed by atoms with Gasteiger partial charge in [-0.25, -0.2) is 0 Å². The van der Waals surface area contributed by atoms with E-state index in [1.54, 1.807) is 14.0 Å². The molecular formula is C16H28O5. The molecule has 0 amide bonds. The number of ether oxygens (including phenoxy) is 4. The van der Waals surface area contributed by atoms with Gasteiger partial charge in [0.25, 0.3) is 0 Å². The van der Waals surface area contributed by atoms with Crippen molar-refractivity contribution in [3.63, 3.8) is 0 Å². The smallest absolute Gasteiger partial charge is 0.169 e. The van der Waals surface area contributed by atoms with Crippen LogP contribution in [0.3, 0.4) is 0 Å². The maximum atomic E-state index is 11.5. The first-order valence-corrected chi connectivity index (χ1v) is 7.99. The Morgan fingerprint density at radius 1 is 1.33 bits per heavy atom. The lowest BCUT2D eigenvalue weighted by molar-refractivity contribution is -0.205. The molecule has 2 aliphatic rings. The Bertz CT molecular complexity index is 338. The monoisotopic (exact) mass is 300 g/mol. The minimum atomic E-state index is -0.406. The average Bonchev–Trinajstić information content (AvgIpc) is 2.87. The van der Waals surface area contributed by atoms with Gasteiger partial charge in [0.1, 0.15) is 18.7 Å². The van der Waals surface area contributed by atoms with Gasteiger partial charge < -0.3 is 18.9 Å². The molecule has 1 aliphatic carbocycles. The summed E-state index contributed by atoms with van der Waals surface area (Å²) in [7, 11) is 1.60. The van der Waals surface area contributed by atoms with E-state index < -0.39 is 5.79 Å². The SMILES string of the molecule is COCO[C@H](C[C@@H](C)C(C)=O)[C@H]1COC2(CCCCC2)O1. The zero-order valence-electron chi connectivity index (χ0n) is 13.4. The molecule has 1 saturated heterocycles. The summed E-state index contributed by atoms with van der Waals surface area (Å²) in [6, 6.07) is 0. The molecule has 3 atom stereocenters. The number of hydrogen-bond acceptors (Lipinski definition) is 5. The largest absolute Gasteiger partial charge is 0.359 e. The predicted octanol–water partition coefficient (Wildman–Crippen LogP) is 2.67. The summed E-state index contributed by atoms with van der Waals surface area (Å²) in [5.74, 6) is -0.275. The minimum Gasteiger partial charge on any atom is -0.359 e. The first-order valence-electron chi connectivity index (χ1n) is 7.99. The summed E-state index contributed by atoms with van der Waals surface area (Å²) in [5, 5.41) is 0. The second kappa shape index (κ2) is 7.68. The molecule has 5 nitrogen and oxygen atoms in total. The van der Waals surface area contributed by atoms with E-state index in [2.05, 4.69) is 0 Å². The highest BCUT2D eigenvalue weighted by atomic mass is 16.8. The first-order chi connectivity index (χ1) is 10.1. The van der Waals surface area contributed by atoms with Gasteiger partial charge in [-0.15, -0.1) is 0 Å². The van der Waals surface area contributed by atoms with Crippen LogP contribution in [-0.4, -0.2) is 44.3 Å². The maximum absolute atomic E-state index is 11.5. The second-order valence-electron chi connectivity index (χ2n) is 6.30. The normalized spacial score (nSPS) is 27.7. The number of carbonyl (C=O) groups excluding carboxylic acids is 1. The van der Waals surface area contributed by atoms with Gasteiger partial charge in [-0.05, 0) is 26.2 Å². The van der Waals surface area contributed by atoms with Crippen LogP contribution in [0.25, 0.3) is 0 Å². The third-order valence-corrected chi connectivity index (χ3v) is 4.59. The lowest BCUT2D eigenvalue weighted by Gasteiger charge is -2.33. The highest BCUT2D eigenvalue weighted by molar-refractivity contribution is 5.77. The Kier molecular flexibility index (Phi) is 6.17. The molecule has 2 fully saturated rings. The van der Waals surface area contributed by atoms with Crippen LogP contribution < -0.4 is 0 Å². The van der Waals surface area contributed by atoms with Crippen molar-refractivity contribution in [1.29, 1.82) is 0 Å². The summed E-state index contributed by atoms with van der Waals surface area (Å²) in [6.07, 6.45) is 5.85. The third-order valence-electron chi connectivity index (χ3n) is 4.59. The molecule has 1 aliphatic heterocycles. The first kappa shape index (κ1) is 16.9. The standard InChI is InChI=1S/C16H28O5/c1-12(13(2)17)9-14(19-11-18-3)15-10-20-16(21-15)7-5-4-6-8-16/h12,14-15H,4-11H2,1-3H3/t12-,14-,15-/m1/s1. The van der Waals surface area contributed by atoms with Crippen molar-refractivity contribution < 1.29 is 23.7 Å². The lowest BCUT2D eigenvalue weighted by Crippen LogP contribution is -2.38. The van der Waals surface area contributed by atoms with Crippen LogP contribution in [-0.2, 0) is 23.7 Å². The molecule has 0 unspecified atom stereocenters. The molecule has 0 aromatic rings. The van der Waals surface area contributed by atoms with Crippen molar-refractivity contribution in [2.75, 3.05) is 20.5 Å². The Labute approximate surface area is 127 Å². The van der Waals surface area contributed by atoms with E-state index in [1.165, 1.54) is 6.42 Å². The highest BCUT2D eigenvalue weighted by Crippen LogP contribution is 2.39. The van der Waals surface area contributed by atoms with E-state index in [4.69, 9.17) is 18.9 Å². The quantitative estimate of drug-likeness (QED) is 0.677. The van der Waals surface area contributed by atoms with Crippen molar-refractivity contribution >= 4 is 5.78 Å². The molecule has 1 spiro atoms. The summed E-state index contributed by atoms with van der Waals surface area (Å²) < 4.78 is 22.9. The zero-order valence-corrected chi connectivity index (χ0v) is 13.4. The van der Waals surface area contributed by atoms with Gasteiger partial charge in [0.05, 0.1) is 12.7 Å². The molecule has 5 heteroatoms. The predicted molar refractivity (Wildman–Crippen MR) is 77.9 cm³/mol. The molecular weight excluding hydrogens is 272 g/mol. The fourth-order valence-corrected chi connectivity index (χ4v) is 3.11. The van der Waals surface area contributed by atoms with Gasteiger partial charge in [-0.2, -0.15) is 0 Å². The summed E-state index contributed by atoms with van der Waals surface area (Å²) >= 11 is 0. The van der Waals surface area contributed by atoms with Crippen LogP contribution in [0.2, 0.25) is 0 Å². The second-order valence-corrected chi connectivity index (χ2v) is 6.30. The number of hydrogen-bond donors (Lipinski definition) is 0. The molecule has 0 aromatic heterocycles. The number of carbonyl (C=O) groups is 1. The number of ketones is 1. The molecule has 21 heavy (non-hydrogen) atoms. The summed E-state index contributed by atoms with van der Waals surface area (Å²) in [4.78, 5) is 11.5. The van der Waals surface area contributed by atoms with Gasteiger partial charge in [0.15, 0.2) is 5.79 Å². The van der Waals surface area contributed by atoms with Crippen LogP contribution in [0.5, 0.6) is 0 Å². The molecule has 0 N–H and O–H groups in total. The summed E-state index contributed by atoms with van der Waals surface area (Å²) in [5.41, 5.74) is 0. The van der Waals surface area contributed by atoms with Crippen molar-refractivity contribution in [3.05, 3.63) is 0 Å². The van der Waals surface area contributed by atoms with E-state index in [-0.39, 0.29) is 30.7 Å². The lowest BCUT2D eigenvalue weighted by atomic mass is 9.94. The molecule has 0 radical (unpaired) electrons. The van der Waals surface area contributed by atoms with Gasteiger partial charge in [0.2, 0.25) is 0 Å². The van der Waals surface area contributed by atoms with E-state index in [0.29, 0.717) is 13.0 Å². The summed E-state index contributed by atoms with van der Waals surface area (Å²) in [6.45, 7) is 4.30. The Balaban J connectivity index is 1.95. The fourth-order valence-electron chi connectivity index (χ4n) is 3.11. The number of methoxy groups -OCH3 is 1. The van der Waals surface area contributed by atoms with Crippen LogP contribution >= 0.6 is 0 Å². The zero-order chi connectivity index (χ0) is 15.3. The maximum Gasteiger partial charge on any atom is 0.169 e. The topological polar surface area (TPSA) is 54.0 Å². The number of rotatable bonds is 7. The van der Waals surface area contributed by atoms with Crippen molar-refractivity contribution in [1.82, 2.24) is 0 Å². The molecule has 122 valence electrons. The van der Waals surface area contributed by atoms with Crippen LogP contribution in [0.4, 0.5) is 0 Å². The van der Waals surface area contributed by atoms with E-state index in [0.717, 1.165) is 25.7 Å². The molecule has 1 saturated carbocycles. The molecule has 0 bridgehead atoms.